The van der Waals surface area contributed by atoms with E-state index in [9.17, 15) is 4.79 Å². The number of benzene rings is 3. The van der Waals surface area contributed by atoms with Crippen molar-refractivity contribution >= 4 is 57.7 Å². The molecule has 0 unspecified atom stereocenters. The SMILES string of the molecule is Cc1ccc2oc(-c3ccc(C)c(NC(=S)NC(=O)C=Cc4ccc(-c5ccc(Cl)cc5)o4)c3)nc2c1. The minimum Gasteiger partial charge on any atom is -0.457 e. The maximum atomic E-state index is 12.4. The largest absolute Gasteiger partial charge is 0.457 e. The molecule has 0 saturated heterocycles. The third-order valence-electron chi connectivity index (χ3n) is 5.67. The van der Waals surface area contributed by atoms with Gasteiger partial charge in [-0.25, -0.2) is 4.98 Å². The van der Waals surface area contributed by atoms with Gasteiger partial charge in [-0.1, -0.05) is 23.7 Å². The maximum Gasteiger partial charge on any atom is 0.250 e. The Morgan fingerprint density at radius 1 is 0.946 bits per heavy atom. The van der Waals surface area contributed by atoms with Crippen LogP contribution in [-0.2, 0) is 4.79 Å². The van der Waals surface area contributed by atoms with Crippen LogP contribution in [0.2, 0.25) is 5.02 Å². The van der Waals surface area contributed by atoms with Crippen LogP contribution in [0.15, 0.2) is 87.7 Å². The Balaban J connectivity index is 1.23. The van der Waals surface area contributed by atoms with Crippen LogP contribution in [0, 0.1) is 13.8 Å². The number of nitrogens with one attached hydrogen (secondary N) is 2. The zero-order chi connectivity index (χ0) is 25.9. The van der Waals surface area contributed by atoms with Crippen LogP contribution in [0.5, 0.6) is 0 Å². The van der Waals surface area contributed by atoms with Gasteiger partial charge in [-0.15, -0.1) is 0 Å². The van der Waals surface area contributed by atoms with E-state index in [-0.39, 0.29) is 11.0 Å². The highest BCUT2D eigenvalue weighted by molar-refractivity contribution is 7.80. The number of carbonyl (C=O) groups excluding carboxylic acids is 1. The topological polar surface area (TPSA) is 80.3 Å². The number of furan rings is 1. The zero-order valence-electron chi connectivity index (χ0n) is 20.0. The molecule has 0 atom stereocenters. The summed E-state index contributed by atoms with van der Waals surface area (Å²) in [5, 5.41) is 6.56. The normalized spacial score (nSPS) is 11.2. The first kappa shape index (κ1) is 24.5. The Morgan fingerprint density at radius 2 is 1.73 bits per heavy atom. The minimum atomic E-state index is -0.384. The summed E-state index contributed by atoms with van der Waals surface area (Å²) < 4.78 is 11.7. The number of fused-ring (bicyclic) bond motifs is 1. The molecule has 0 bridgehead atoms. The standard InChI is InChI=1S/C29H22ClN3O3S/c1-17-3-12-26-24(15-17)31-28(36-26)20-5-4-18(2)23(16-20)32-29(37)33-27(34)14-11-22-10-13-25(35-22)19-6-8-21(30)9-7-19/h3-16H,1-2H3,(H2,32,33,34,37). The average Bonchev–Trinajstić information content (AvgIpc) is 3.51. The minimum absolute atomic E-state index is 0.171. The van der Waals surface area contributed by atoms with Gasteiger partial charge in [0.2, 0.25) is 11.8 Å². The number of halogens is 1. The smallest absolute Gasteiger partial charge is 0.250 e. The molecule has 37 heavy (non-hydrogen) atoms. The maximum absolute atomic E-state index is 12.4. The van der Waals surface area contributed by atoms with E-state index in [4.69, 9.17) is 32.7 Å². The Hall–Kier alpha value is -4.20. The van der Waals surface area contributed by atoms with Gasteiger partial charge in [0.15, 0.2) is 10.7 Å². The molecule has 0 aliphatic rings. The number of anilines is 1. The number of oxazole rings is 1. The molecule has 0 saturated carbocycles. The van der Waals surface area contributed by atoms with Gasteiger partial charge >= 0.3 is 0 Å². The van der Waals surface area contributed by atoms with Gasteiger partial charge < -0.3 is 14.2 Å². The summed E-state index contributed by atoms with van der Waals surface area (Å²) in [7, 11) is 0. The molecule has 0 spiro atoms. The van der Waals surface area contributed by atoms with E-state index >= 15 is 0 Å². The predicted octanol–water partition coefficient (Wildman–Crippen LogP) is 7.55. The van der Waals surface area contributed by atoms with Crippen molar-refractivity contribution in [3.05, 3.63) is 101 Å². The van der Waals surface area contributed by atoms with Gasteiger partial charge in [-0.3, -0.25) is 10.1 Å². The second-order valence-corrected chi connectivity index (χ2v) is 9.35. The molecule has 5 rings (SSSR count). The van der Waals surface area contributed by atoms with Crippen molar-refractivity contribution in [1.82, 2.24) is 10.3 Å². The molecule has 8 heteroatoms. The molecule has 0 aliphatic heterocycles. The first-order valence-electron chi connectivity index (χ1n) is 11.5. The van der Waals surface area contributed by atoms with Crippen LogP contribution >= 0.6 is 23.8 Å². The Kier molecular flexibility index (Phi) is 6.90. The van der Waals surface area contributed by atoms with Gasteiger partial charge in [0.05, 0.1) is 0 Å². The second-order valence-electron chi connectivity index (χ2n) is 8.51. The molecule has 0 fully saturated rings. The summed E-state index contributed by atoms with van der Waals surface area (Å²) in [5.41, 5.74) is 6.02. The number of aryl methyl sites for hydroxylation is 2. The van der Waals surface area contributed by atoms with Gasteiger partial charge in [0.25, 0.3) is 0 Å². The lowest BCUT2D eigenvalue weighted by Crippen LogP contribution is -2.33. The number of amides is 1. The molecule has 2 N–H and O–H groups in total. The van der Waals surface area contributed by atoms with Gasteiger partial charge in [-0.2, -0.15) is 0 Å². The molecule has 0 radical (unpaired) electrons. The van der Waals surface area contributed by atoms with Gasteiger partial charge in [-0.05, 0) is 104 Å². The lowest BCUT2D eigenvalue weighted by atomic mass is 10.1. The fraction of sp³-hybridized carbons (Fsp3) is 0.0690. The number of aromatic nitrogens is 1. The van der Waals surface area contributed by atoms with Gasteiger partial charge in [0, 0.05) is 27.9 Å². The second kappa shape index (κ2) is 10.4. The molecular weight excluding hydrogens is 506 g/mol. The summed E-state index contributed by atoms with van der Waals surface area (Å²) >= 11 is 11.3. The van der Waals surface area contributed by atoms with E-state index in [0.29, 0.717) is 22.4 Å². The van der Waals surface area contributed by atoms with E-state index in [1.807, 2.05) is 68.4 Å². The van der Waals surface area contributed by atoms with Crippen molar-refractivity contribution in [2.45, 2.75) is 13.8 Å². The van der Waals surface area contributed by atoms with Crippen molar-refractivity contribution in [2.24, 2.45) is 0 Å². The number of thiocarbonyl (C=S) groups is 1. The molecule has 1 amide bonds. The van der Waals surface area contributed by atoms with Crippen molar-refractivity contribution in [3.8, 4) is 22.8 Å². The first-order chi connectivity index (χ1) is 17.8. The fourth-order valence-corrected chi connectivity index (χ4v) is 4.06. The first-order valence-corrected chi connectivity index (χ1v) is 12.3. The molecule has 0 aliphatic carbocycles. The summed E-state index contributed by atoms with van der Waals surface area (Å²) in [6, 6.07) is 22.6. The van der Waals surface area contributed by atoms with E-state index in [0.717, 1.165) is 39.0 Å². The summed E-state index contributed by atoms with van der Waals surface area (Å²) in [5.74, 6) is 1.34. The number of carbonyl (C=O) groups is 1. The highest BCUT2D eigenvalue weighted by atomic mass is 35.5. The number of rotatable bonds is 5. The lowest BCUT2D eigenvalue weighted by Gasteiger charge is -2.11. The zero-order valence-corrected chi connectivity index (χ0v) is 21.6. The van der Waals surface area contributed by atoms with E-state index in [2.05, 4.69) is 15.6 Å². The van der Waals surface area contributed by atoms with E-state index < -0.39 is 0 Å². The Morgan fingerprint density at radius 3 is 2.54 bits per heavy atom. The molecule has 6 nitrogen and oxygen atoms in total. The van der Waals surface area contributed by atoms with Crippen LogP contribution in [0.1, 0.15) is 16.9 Å². The Labute approximate surface area is 224 Å². The van der Waals surface area contributed by atoms with Crippen molar-refractivity contribution in [1.29, 1.82) is 0 Å². The lowest BCUT2D eigenvalue weighted by molar-refractivity contribution is -0.115. The Bertz CT molecular complexity index is 1650. The highest BCUT2D eigenvalue weighted by Gasteiger charge is 2.12. The van der Waals surface area contributed by atoms with Gasteiger partial charge in [0.1, 0.15) is 17.0 Å². The number of nitrogens with zero attached hydrogens (tertiary/aromatic N) is 1. The van der Waals surface area contributed by atoms with Crippen LogP contribution in [-0.4, -0.2) is 16.0 Å². The molecule has 184 valence electrons. The fourth-order valence-electron chi connectivity index (χ4n) is 3.73. The van der Waals surface area contributed by atoms with Crippen molar-refractivity contribution in [3.63, 3.8) is 0 Å². The number of hydrogen-bond donors (Lipinski definition) is 2. The average molecular weight is 528 g/mol. The van der Waals surface area contributed by atoms with E-state index in [1.54, 1.807) is 24.3 Å². The summed E-state index contributed by atoms with van der Waals surface area (Å²) in [6.07, 6.45) is 2.94. The molecule has 5 aromatic rings. The monoisotopic (exact) mass is 527 g/mol. The predicted molar refractivity (Wildman–Crippen MR) is 151 cm³/mol. The summed E-state index contributed by atoms with van der Waals surface area (Å²) in [4.78, 5) is 17.0. The number of hydrogen-bond acceptors (Lipinski definition) is 5. The summed E-state index contributed by atoms with van der Waals surface area (Å²) in [6.45, 7) is 3.96. The molecule has 2 heterocycles. The van der Waals surface area contributed by atoms with Crippen LogP contribution in [0.3, 0.4) is 0 Å². The third kappa shape index (κ3) is 5.80. The van der Waals surface area contributed by atoms with Crippen LogP contribution in [0.4, 0.5) is 5.69 Å². The van der Waals surface area contributed by atoms with Crippen LogP contribution < -0.4 is 10.6 Å². The van der Waals surface area contributed by atoms with Crippen molar-refractivity contribution < 1.29 is 13.6 Å². The van der Waals surface area contributed by atoms with Crippen LogP contribution in [0.25, 0.3) is 40.0 Å². The molecule has 2 aromatic heterocycles. The van der Waals surface area contributed by atoms with Crippen molar-refractivity contribution in [2.75, 3.05) is 5.32 Å². The third-order valence-corrected chi connectivity index (χ3v) is 6.12. The quantitative estimate of drug-likeness (QED) is 0.181. The highest BCUT2D eigenvalue weighted by Crippen LogP contribution is 2.28. The molecule has 3 aromatic carbocycles. The van der Waals surface area contributed by atoms with E-state index in [1.165, 1.54) is 6.08 Å². The molecular formula is C29H22ClN3O3S.